The molecule has 3 atom stereocenters. The van der Waals surface area contributed by atoms with Gasteiger partial charge in [0.2, 0.25) is 23.6 Å². The second-order valence-corrected chi connectivity index (χ2v) is 6.63. The fourth-order valence-corrected chi connectivity index (χ4v) is 2.35. The van der Waals surface area contributed by atoms with Crippen LogP contribution >= 0.6 is 12.6 Å². The van der Waals surface area contributed by atoms with Gasteiger partial charge in [0.15, 0.2) is 0 Å². The molecule has 0 radical (unpaired) electrons. The molecule has 0 aromatic rings. The first kappa shape index (κ1) is 24.7. The van der Waals surface area contributed by atoms with Gasteiger partial charge in [0.1, 0.15) is 18.1 Å². The maximum Gasteiger partial charge on any atom is 0.326 e. The second kappa shape index (κ2) is 12.1. The molecule has 4 amide bonds. The number of nitrogens with two attached hydrogens (primary N) is 2. The Balaban J connectivity index is 5.10. The number of hydrogen-bond donors (Lipinski definition) is 7. The zero-order valence-electron chi connectivity index (χ0n) is 15.2. The number of primary amides is 1. The highest BCUT2D eigenvalue weighted by molar-refractivity contribution is 7.80. The number of hydrogen-bond acceptors (Lipinski definition) is 7. The first-order valence-electron chi connectivity index (χ1n) is 8.23. The van der Waals surface area contributed by atoms with Crippen LogP contribution in [0.4, 0.5) is 0 Å². The molecule has 154 valence electrons. The van der Waals surface area contributed by atoms with Gasteiger partial charge in [0.05, 0.1) is 13.0 Å². The fourth-order valence-electron chi connectivity index (χ4n) is 2.10. The van der Waals surface area contributed by atoms with E-state index in [1.165, 1.54) is 0 Å². The molecule has 3 unspecified atom stereocenters. The Labute approximate surface area is 162 Å². The minimum atomic E-state index is -1.32. The lowest BCUT2D eigenvalue weighted by Crippen LogP contribution is -2.57. The first-order chi connectivity index (χ1) is 12.5. The summed E-state index contributed by atoms with van der Waals surface area (Å²) in [5, 5.41) is 16.1. The van der Waals surface area contributed by atoms with Crippen molar-refractivity contribution in [1.82, 2.24) is 16.0 Å². The third kappa shape index (κ3) is 9.80. The monoisotopic (exact) mass is 405 g/mol. The van der Waals surface area contributed by atoms with Gasteiger partial charge in [0.25, 0.3) is 0 Å². The normalized spacial score (nSPS) is 14.0. The van der Waals surface area contributed by atoms with E-state index in [1.807, 2.05) is 0 Å². The Hall–Kier alpha value is -2.34. The highest BCUT2D eigenvalue weighted by Crippen LogP contribution is 2.06. The number of carbonyl (C=O) groups excluding carboxylic acids is 4. The van der Waals surface area contributed by atoms with Crippen LogP contribution in [0.25, 0.3) is 0 Å². The molecule has 0 aliphatic rings. The van der Waals surface area contributed by atoms with Crippen molar-refractivity contribution in [2.45, 2.75) is 44.8 Å². The molecule has 0 aromatic heterocycles. The molecule has 0 aliphatic heterocycles. The van der Waals surface area contributed by atoms with Crippen LogP contribution in [0.2, 0.25) is 0 Å². The third-order valence-corrected chi connectivity index (χ3v) is 3.74. The number of carbonyl (C=O) groups is 5. The van der Waals surface area contributed by atoms with E-state index in [2.05, 4.69) is 28.6 Å². The lowest BCUT2D eigenvalue weighted by Gasteiger charge is -2.23. The van der Waals surface area contributed by atoms with Crippen molar-refractivity contribution in [3.63, 3.8) is 0 Å². The number of rotatable bonds is 12. The molecular formula is C15H27N5O6S. The summed E-state index contributed by atoms with van der Waals surface area (Å²) in [5.41, 5.74) is 10.2. The van der Waals surface area contributed by atoms with E-state index < -0.39 is 60.7 Å². The van der Waals surface area contributed by atoms with E-state index in [0.29, 0.717) is 0 Å². The van der Waals surface area contributed by atoms with Gasteiger partial charge >= 0.3 is 5.97 Å². The van der Waals surface area contributed by atoms with Crippen molar-refractivity contribution in [1.29, 1.82) is 0 Å². The van der Waals surface area contributed by atoms with Gasteiger partial charge in [-0.15, -0.1) is 0 Å². The Bertz CT molecular complexity index is 571. The summed E-state index contributed by atoms with van der Waals surface area (Å²) >= 11 is 3.98. The van der Waals surface area contributed by atoms with Crippen LogP contribution in [0.3, 0.4) is 0 Å². The van der Waals surface area contributed by atoms with Crippen LogP contribution in [0.5, 0.6) is 0 Å². The number of nitrogens with one attached hydrogen (secondary N) is 3. The number of aliphatic carboxylic acids is 1. The predicted octanol–water partition coefficient (Wildman–Crippen LogP) is -2.66. The molecule has 12 heteroatoms. The maximum absolute atomic E-state index is 12.3. The summed E-state index contributed by atoms with van der Waals surface area (Å²) < 4.78 is 0. The molecule has 0 saturated carbocycles. The van der Waals surface area contributed by atoms with Crippen molar-refractivity contribution in [2.75, 3.05) is 12.3 Å². The molecule has 0 heterocycles. The molecule has 0 fully saturated rings. The summed E-state index contributed by atoms with van der Waals surface area (Å²) in [5.74, 6) is -4.46. The molecular weight excluding hydrogens is 378 g/mol. The van der Waals surface area contributed by atoms with E-state index in [-0.39, 0.29) is 18.1 Å². The number of thiol groups is 1. The molecule has 0 saturated heterocycles. The van der Waals surface area contributed by atoms with E-state index in [0.717, 1.165) is 0 Å². The fraction of sp³-hybridized carbons (Fsp3) is 0.667. The van der Waals surface area contributed by atoms with Crippen LogP contribution in [-0.2, 0) is 24.0 Å². The Kier molecular flexibility index (Phi) is 11.1. The lowest BCUT2D eigenvalue weighted by molar-refractivity contribution is -0.142. The van der Waals surface area contributed by atoms with Crippen LogP contribution in [0.15, 0.2) is 0 Å². The van der Waals surface area contributed by atoms with E-state index in [9.17, 15) is 29.1 Å². The minimum absolute atomic E-state index is 0.0156. The molecule has 0 aliphatic carbocycles. The van der Waals surface area contributed by atoms with Crippen LogP contribution in [0, 0.1) is 5.92 Å². The van der Waals surface area contributed by atoms with Crippen LogP contribution < -0.4 is 27.4 Å². The summed E-state index contributed by atoms with van der Waals surface area (Å²) in [6.07, 6.45) is -0.297. The molecule has 0 spiro atoms. The van der Waals surface area contributed by atoms with E-state index in [1.54, 1.807) is 13.8 Å². The quantitative estimate of drug-likeness (QED) is 0.172. The maximum atomic E-state index is 12.3. The summed E-state index contributed by atoms with van der Waals surface area (Å²) in [6, 6.07) is -3.63. The van der Waals surface area contributed by atoms with Crippen molar-refractivity contribution in [2.24, 2.45) is 17.4 Å². The van der Waals surface area contributed by atoms with Crippen LogP contribution in [-0.4, -0.2) is 65.1 Å². The number of amides is 4. The van der Waals surface area contributed by atoms with Crippen LogP contribution in [0.1, 0.15) is 26.7 Å². The Morgan fingerprint density at radius 3 is 1.89 bits per heavy atom. The molecule has 0 bridgehead atoms. The Morgan fingerprint density at radius 2 is 1.48 bits per heavy atom. The van der Waals surface area contributed by atoms with E-state index >= 15 is 0 Å². The molecule has 11 nitrogen and oxygen atoms in total. The zero-order valence-corrected chi connectivity index (χ0v) is 16.1. The summed E-state index contributed by atoms with van der Waals surface area (Å²) in [4.78, 5) is 58.3. The molecule has 0 rings (SSSR count). The van der Waals surface area contributed by atoms with Gasteiger partial charge in [-0.25, -0.2) is 4.79 Å². The second-order valence-electron chi connectivity index (χ2n) is 6.27. The Morgan fingerprint density at radius 1 is 0.963 bits per heavy atom. The SMILES string of the molecule is CC(C)CC(NC(=O)C(CS)NC(=O)C(CC(N)=O)NC(=O)CN)C(=O)O. The standard InChI is InChI=1S/C15H27N5O6S/c1-7(2)3-9(15(25)26)19-14(24)10(6-27)20-13(23)8(4-11(17)21)18-12(22)5-16/h7-10,27H,3-6,16H2,1-2H3,(H2,17,21)(H,18,22)(H,19,24)(H,20,23)(H,25,26). The van der Waals surface area contributed by atoms with Gasteiger partial charge < -0.3 is 32.5 Å². The average molecular weight is 405 g/mol. The smallest absolute Gasteiger partial charge is 0.326 e. The first-order valence-corrected chi connectivity index (χ1v) is 8.87. The van der Waals surface area contributed by atoms with Gasteiger partial charge in [0, 0.05) is 5.75 Å². The summed E-state index contributed by atoms with van der Waals surface area (Å²) in [6.45, 7) is 3.19. The topological polar surface area (TPSA) is 194 Å². The van der Waals surface area contributed by atoms with Crippen molar-refractivity contribution < 1.29 is 29.1 Å². The zero-order chi connectivity index (χ0) is 21.1. The third-order valence-electron chi connectivity index (χ3n) is 3.38. The van der Waals surface area contributed by atoms with Crippen molar-refractivity contribution in [3.8, 4) is 0 Å². The molecule has 27 heavy (non-hydrogen) atoms. The minimum Gasteiger partial charge on any atom is -0.480 e. The lowest BCUT2D eigenvalue weighted by atomic mass is 10.0. The van der Waals surface area contributed by atoms with Crippen molar-refractivity contribution in [3.05, 3.63) is 0 Å². The number of carboxylic acid groups (broad SMARTS) is 1. The van der Waals surface area contributed by atoms with E-state index in [4.69, 9.17) is 11.5 Å². The summed E-state index contributed by atoms with van der Waals surface area (Å²) in [7, 11) is 0. The van der Waals surface area contributed by atoms with Gasteiger partial charge in [-0.2, -0.15) is 12.6 Å². The van der Waals surface area contributed by atoms with Gasteiger partial charge in [-0.3, -0.25) is 19.2 Å². The predicted molar refractivity (Wildman–Crippen MR) is 99.6 cm³/mol. The largest absolute Gasteiger partial charge is 0.480 e. The molecule has 0 aromatic carbocycles. The van der Waals surface area contributed by atoms with Crippen molar-refractivity contribution >= 4 is 42.2 Å². The van der Waals surface area contributed by atoms with Gasteiger partial charge in [-0.1, -0.05) is 13.8 Å². The number of carboxylic acids is 1. The highest BCUT2D eigenvalue weighted by Gasteiger charge is 2.29. The molecule has 8 N–H and O–H groups in total. The average Bonchev–Trinajstić information content (AvgIpc) is 2.56. The highest BCUT2D eigenvalue weighted by atomic mass is 32.1. The van der Waals surface area contributed by atoms with Gasteiger partial charge in [-0.05, 0) is 12.3 Å².